The number of anilines is 1. The van der Waals surface area contributed by atoms with Crippen LogP contribution in [0, 0.1) is 6.92 Å². The van der Waals surface area contributed by atoms with Gasteiger partial charge in [0.15, 0.2) is 12.1 Å². The maximum atomic E-state index is 12.9. The van der Waals surface area contributed by atoms with E-state index in [0.29, 0.717) is 12.2 Å². The van der Waals surface area contributed by atoms with Crippen LogP contribution >= 0.6 is 11.8 Å². The van der Waals surface area contributed by atoms with E-state index in [9.17, 15) is 9.59 Å². The number of imide groups is 1. The van der Waals surface area contributed by atoms with Crippen LogP contribution < -0.4 is 4.90 Å². The van der Waals surface area contributed by atoms with Gasteiger partial charge in [0.1, 0.15) is 0 Å². The van der Waals surface area contributed by atoms with Gasteiger partial charge < -0.3 is 0 Å². The molecule has 6 nitrogen and oxygen atoms in total. The van der Waals surface area contributed by atoms with Crippen LogP contribution in [-0.2, 0) is 16.1 Å². The zero-order chi connectivity index (χ0) is 18.3. The first-order valence-corrected chi connectivity index (χ1v) is 9.56. The number of thioether (sulfide) groups is 1. The molecule has 0 saturated carbocycles. The summed E-state index contributed by atoms with van der Waals surface area (Å²) in [6.07, 6.45) is 2.02. The fourth-order valence-corrected chi connectivity index (χ4v) is 3.63. The lowest BCUT2D eigenvalue weighted by atomic mass is 10.1. The molecular formula is C19H18N4O2S. The van der Waals surface area contributed by atoms with Crippen molar-refractivity contribution in [2.45, 2.75) is 30.4 Å². The summed E-state index contributed by atoms with van der Waals surface area (Å²) in [6.45, 7) is 2.41. The normalized spacial score (nSPS) is 21.6. The van der Waals surface area contributed by atoms with E-state index in [1.54, 1.807) is 28.9 Å². The van der Waals surface area contributed by atoms with E-state index in [2.05, 4.69) is 10.3 Å². The van der Waals surface area contributed by atoms with E-state index in [1.165, 1.54) is 9.80 Å². The molecule has 2 aliphatic rings. The van der Waals surface area contributed by atoms with E-state index in [-0.39, 0.29) is 11.8 Å². The maximum Gasteiger partial charge on any atom is 0.263 e. The molecule has 0 radical (unpaired) electrons. The zero-order valence-electron chi connectivity index (χ0n) is 14.5. The molecule has 132 valence electrons. The van der Waals surface area contributed by atoms with Crippen LogP contribution in [-0.4, -0.2) is 35.2 Å². The molecule has 2 aromatic carbocycles. The summed E-state index contributed by atoms with van der Waals surface area (Å²) in [5.41, 5.74) is 2.68. The summed E-state index contributed by atoms with van der Waals surface area (Å²) in [5, 5.41) is 9.77. The average Bonchev–Trinajstić information content (AvgIpc) is 3.17. The summed E-state index contributed by atoms with van der Waals surface area (Å²) < 4.78 is 0. The number of fused-ring (bicyclic) bond motifs is 1. The van der Waals surface area contributed by atoms with E-state index >= 15 is 0 Å². The van der Waals surface area contributed by atoms with Crippen molar-refractivity contribution in [3.8, 4) is 0 Å². The largest absolute Gasteiger partial charge is 0.271 e. The number of aryl methyl sites for hydroxylation is 1. The van der Waals surface area contributed by atoms with Gasteiger partial charge >= 0.3 is 0 Å². The van der Waals surface area contributed by atoms with Crippen LogP contribution in [0.1, 0.15) is 11.1 Å². The summed E-state index contributed by atoms with van der Waals surface area (Å²) in [4.78, 5) is 28.0. The quantitative estimate of drug-likeness (QED) is 0.616. The molecule has 0 bridgehead atoms. The summed E-state index contributed by atoms with van der Waals surface area (Å²) in [5.74, 6) is -0.581. The molecule has 26 heavy (non-hydrogen) atoms. The molecule has 2 amide bonds. The highest BCUT2D eigenvalue weighted by Crippen LogP contribution is 2.33. The second-order valence-electron chi connectivity index (χ2n) is 6.39. The highest BCUT2D eigenvalue weighted by Gasteiger charge is 2.54. The number of rotatable bonds is 4. The van der Waals surface area contributed by atoms with Crippen LogP contribution in [0.5, 0.6) is 0 Å². The van der Waals surface area contributed by atoms with Gasteiger partial charge in [0, 0.05) is 4.90 Å². The van der Waals surface area contributed by atoms with Crippen molar-refractivity contribution in [1.82, 2.24) is 5.01 Å². The van der Waals surface area contributed by atoms with Gasteiger partial charge in [-0.05, 0) is 43.0 Å². The molecule has 0 spiro atoms. The molecule has 1 saturated heterocycles. The topological polar surface area (TPSA) is 65.3 Å². The molecule has 0 aromatic heterocycles. The van der Waals surface area contributed by atoms with Crippen molar-refractivity contribution in [2.75, 3.05) is 11.2 Å². The maximum absolute atomic E-state index is 12.9. The first-order chi connectivity index (χ1) is 12.6. The fraction of sp³-hybridized carbons (Fsp3) is 0.263. The third kappa shape index (κ3) is 2.78. The van der Waals surface area contributed by atoms with Crippen LogP contribution in [0.15, 0.2) is 63.8 Å². The third-order valence-corrected chi connectivity index (χ3v) is 5.40. The molecule has 2 aliphatic heterocycles. The van der Waals surface area contributed by atoms with Crippen molar-refractivity contribution in [3.63, 3.8) is 0 Å². The van der Waals surface area contributed by atoms with Gasteiger partial charge in [-0.15, -0.1) is 11.8 Å². The van der Waals surface area contributed by atoms with Gasteiger partial charge in [-0.25, -0.2) is 4.90 Å². The van der Waals surface area contributed by atoms with Crippen LogP contribution in [0.2, 0.25) is 0 Å². The summed E-state index contributed by atoms with van der Waals surface area (Å²) in [6, 6.07) is 14.0. The molecule has 0 N–H and O–H groups in total. The molecular weight excluding hydrogens is 348 g/mol. The Hall–Kier alpha value is -2.67. The van der Waals surface area contributed by atoms with Crippen molar-refractivity contribution in [3.05, 3.63) is 59.7 Å². The first kappa shape index (κ1) is 16.8. The molecule has 7 heteroatoms. The van der Waals surface area contributed by atoms with Gasteiger partial charge in [-0.2, -0.15) is 5.11 Å². The molecule has 2 aromatic rings. The first-order valence-electron chi connectivity index (χ1n) is 8.33. The molecule has 1 fully saturated rings. The minimum atomic E-state index is -0.755. The molecule has 2 atom stereocenters. The molecule has 4 rings (SSSR count). The lowest BCUT2D eigenvalue weighted by Crippen LogP contribution is -2.39. The van der Waals surface area contributed by atoms with Crippen LogP contribution in [0.4, 0.5) is 5.69 Å². The van der Waals surface area contributed by atoms with Gasteiger partial charge in [0.25, 0.3) is 11.8 Å². The van der Waals surface area contributed by atoms with E-state index in [4.69, 9.17) is 0 Å². The highest BCUT2D eigenvalue weighted by atomic mass is 32.2. The van der Waals surface area contributed by atoms with E-state index < -0.39 is 12.1 Å². The lowest BCUT2D eigenvalue weighted by molar-refractivity contribution is -0.123. The smallest absolute Gasteiger partial charge is 0.263 e. The molecule has 0 aliphatic carbocycles. The Bertz CT molecular complexity index is 879. The predicted octanol–water partition coefficient (Wildman–Crippen LogP) is 3.21. The summed E-state index contributed by atoms with van der Waals surface area (Å²) in [7, 11) is 0. The Morgan fingerprint density at radius 2 is 1.69 bits per heavy atom. The third-order valence-electron chi connectivity index (χ3n) is 4.65. The van der Waals surface area contributed by atoms with Crippen molar-refractivity contribution in [1.29, 1.82) is 0 Å². The number of carbonyl (C=O) groups excluding carboxylic acids is 2. The number of nitrogens with zero attached hydrogens (tertiary/aromatic N) is 4. The van der Waals surface area contributed by atoms with Gasteiger partial charge in [0.05, 0.1) is 12.2 Å². The SMILES string of the molecule is CSc1ccc(CN2N=N[C@H]3C(=O)N(c4ccc(C)cc4)C(=O)[C@H]32)cc1. The highest BCUT2D eigenvalue weighted by molar-refractivity contribution is 7.98. The number of carbonyl (C=O) groups is 2. The number of benzene rings is 2. The Labute approximate surface area is 155 Å². The Balaban J connectivity index is 1.56. The van der Waals surface area contributed by atoms with Crippen molar-refractivity contribution >= 4 is 29.3 Å². The average molecular weight is 366 g/mol. The lowest BCUT2D eigenvalue weighted by Gasteiger charge is -2.20. The molecule has 0 unspecified atom stereocenters. The minimum absolute atomic E-state index is 0.269. The standard InChI is InChI=1S/C19H18N4O2S/c1-12-3-7-14(8-4-12)23-18(24)16-17(19(23)25)22(21-20-16)11-13-5-9-15(26-2)10-6-13/h3-10,16-17H,11H2,1-2H3/t16-,17+/m1/s1. The van der Waals surface area contributed by atoms with Crippen molar-refractivity contribution < 1.29 is 9.59 Å². The fourth-order valence-electron chi connectivity index (χ4n) is 3.22. The minimum Gasteiger partial charge on any atom is -0.271 e. The van der Waals surface area contributed by atoms with Crippen LogP contribution in [0.3, 0.4) is 0 Å². The van der Waals surface area contributed by atoms with Gasteiger partial charge in [-0.1, -0.05) is 35.1 Å². The van der Waals surface area contributed by atoms with Gasteiger partial charge in [0.2, 0.25) is 0 Å². The molecule has 2 heterocycles. The number of hydrogen-bond acceptors (Lipinski definition) is 6. The van der Waals surface area contributed by atoms with Gasteiger partial charge in [-0.3, -0.25) is 14.6 Å². The Kier molecular flexibility index (Phi) is 4.24. The Morgan fingerprint density at radius 3 is 2.35 bits per heavy atom. The Morgan fingerprint density at radius 1 is 1.00 bits per heavy atom. The second-order valence-corrected chi connectivity index (χ2v) is 7.27. The predicted molar refractivity (Wildman–Crippen MR) is 99.9 cm³/mol. The second kappa shape index (κ2) is 6.57. The van der Waals surface area contributed by atoms with Crippen LogP contribution in [0.25, 0.3) is 0 Å². The monoisotopic (exact) mass is 366 g/mol. The van der Waals surface area contributed by atoms with E-state index in [1.807, 2.05) is 49.6 Å². The van der Waals surface area contributed by atoms with E-state index in [0.717, 1.165) is 11.1 Å². The van der Waals surface area contributed by atoms with Crippen molar-refractivity contribution in [2.24, 2.45) is 10.3 Å². The summed E-state index contributed by atoms with van der Waals surface area (Å²) >= 11 is 1.67. The number of amides is 2. The zero-order valence-corrected chi connectivity index (χ0v) is 15.3. The number of hydrogen-bond donors (Lipinski definition) is 0.